The third kappa shape index (κ3) is 17.9. The molecule has 0 spiro atoms. The van der Waals surface area contributed by atoms with Crippen molar-refractivity contribution < 1.29 is 39.5 Å². The van der Waals surface area contributed by atoms with Gasteiger partial charge in [0.2, 0.25) is 0 Å². The van der Waals surface area contributed by atoms with Gasteiger partial charge in [-0.3, -0.25) is 19.8 Å². The highest BCUT2D eigenvalue weighted by atomic mass is 32.1. The van der Waals surface area contributed by atoms with E-state index in [0.717, 1.165) is 170 Å². The number of fused-ring (bicyclic) bond motifs is 6. The number of nitriles is 3. The predicted molar refractivity (Wildman–Crippen MR) is 397 cm³/mol. The molecule has 107 heavy (non-hydrogen) atoms. The topological polar surface area (TPSA) is 260 Å². The molecule has 0 atom stereocenters. The van der Waals surface area contributed by atoms with Crippen LogP contribution in [0.3, 0.4) is 0 Å². The van der Waals surface area contributed by atoms with Crippen LogP contribution in [-0.2, 0) is 45.4 Å². The van der Waals surface area contributed by atoms with E-state index in [-0.39, 0.29) is 32.8 Å². The van der Waals surface area contributed by atoms with Gasteiger partial charge in [0.25, 0.3) is 0 Å². The van der Waals surface area contributed by atoms with Gasteiger partial charge in [-0.15, -0.1) is 34.0 Å². The van der Waals surface area contributed by atoms with Crippen LogP contribution in [0.15, 0.2) is 110 Å². The van der Waals surface area contributed by atoms with E-state index in [4.69, 9.17) is 10.5 Å². The number of aromatic nitrogens is 11. The predicted octanol–water partition coefficient (Wildman–Crippen LogP) is 16.5. The Balaban J connectivity index is 0.000000135. The van der Waals surface area contributed by atoms with Gasteiger partial charge < -0.3 is 30.5 Å². The Bertz CT molecular complexity index is 5450. The minimum absolute atomic E-state index is 0.180. The first-order valence-electron chi connectivity index (χ1n) is 34.8. The number of aryl methyl sites for hydroxylation is 2. The summed E-state index contributed by atoms with van der Waals surface area (Å²) in [5.74, 6) is 1.81. The van der Waals surface area contributed by atoms with Crippen molar-refractivity contribution in [2.75, 3.05) is 55.2 Å². The number of benzene rings is 3. The van der Waals surface area contributed by atoms with Gasteiger partial charge in [0.1, 0.15) is 86.2 Å². The average molecular weight is 1520 g/mol. The van der Waals surface area contributed by atoms with Gasteiger partial charge in [-0.1, -0.05) is 18.2 Å². The monoisotopic (exact) mass is 1520 g/mol. The van der Waals surface area contributed by atoms with Gasteiger partial charge in [0.15, 0.2) is 0 Å². The number of piperidine rings is 3. The zero-order chi connectivity index (χ0) is 74.7. The van der Waals surface area contributed by atoms with Crippen LogP contribution in [0.25, 0.3) is 63.4 Å². The lowest BCUT2D eigenvalue weighted by atomic mass is 10.0. The van der Waals surface area contributed by atoms with Crippen molar-refractivity contribution in [2.45, 2.75) is 134 Å². The summed E-state index contributed by atoms with van der Waals surface area (Å²) in [6.07, 6.45) is -2.30. The highest BCUT2D eigenvalue weighted by molar-refractivity contribution is 7.19. The standard InChI is InChI=1S/C28H27F3N8S.C24H23F3N6S.C23H21F3N6S/c1-17-19(2-3-25-23(17)8-21(11-32)39(25)14-18-12-35-36-13-18)15-38-6-4-20(5-7-38)37-26-24-9-22(10-28(29,30)31)40-27(24)34-16-33-26;1-14-15(2-3-21-19(14)8-17(11-28)31-21)12-33-6-4-16(5-7-33)32-22-20-9-18(10-24(25,26)27)34-23(20)30-13-29-22;24-23(25,26)10-18-9-19-21(28-13-29-22(19)33-18)31-16-3-5-32(6-4-16)12-14-1-2-20-15(7-14)8-17(11-27)30-20/h2-3,8-9,12-13,16,20H,4-7,10,14-15H2,1H3,(H,35,36)(H,33,34,37);2-3,8-9,13,16,31H,4-7,10,12H2,1H3,(H,29,30,32);1-2,7-9,13,16,30H,3-6,10,12H2,(H,28,29,31). The summed E-state index contributed by atoms with van der Waals surface area (Å²) in [7, 11) is 0. The summed E-state index contributed by atoms with van der Waals surface area (Å²) in [6.45, 7) is 12.7. The van der Waals surface area contributed by atoms with E-state index in [1.54, 1.807) is 24.4 Å². The van der Waals surface area contributed by atoms with Gasteiger partial charge in [-0.05, 0) is 141 Å². The Morgan fingerprint density at radius 2 is 0.907 bits per heavy atom. The van der Waals surface area contributed by atoms with E-state index in [9.17, 15) is 44.8 Å². The van der Waals surface area contributed by atoms with Crippen molar-refractivity contribution in [3.63, 3.8) is 0 Å². The maximum atomic E-state index is 12.9. The van der Waals surface area contributed by atoms with Crippen LogP contribution in [-0.4, -0.2) is 145 Å². The van der Waals surface area contributed by atoms with Crippen molar-refractivity contribution in [3.8, 4) is 18.2 Å². The number of nitrogens with one attached hydrogen (secondary N) is 6. The number of nitrogens with zero attached hydrogens (tertiary/aromatic N) is 14. The molecule has 3 aromatic carbocycles. The molecule has 3 aliphatic heterocycles. The zero-order valence-corrected chi connectivity index (χ0v) is 60.4. The molecule has 0 unspecified atom stereocenters. The van der Waals surface area contributed by atoms with Crippen molar-refractivity contribution >= 4 is 115 Å². The molecule has 552 valence electrons. The first kappa shape index (κ1) is 73.6. The largest absolute Gasteiger partial charge is 0.393 e. The summed E-state index contributed by atoms with van der Waals surface area (Å²) in [4.78, 5) is 41.3. The molecule has 13 aromatic rings. The lowest BCUT2D eigenvalue weighted by molar-refractivity contribution is -0.127. The lowest BCUT2D eigenvalue weighted by Crippen LogP contribution is -2.39. The Morgan fingerprint density at radius 1 is 0.467 bits per heavy atom. The molecule has 0 aliphatic carbocycles. The van der Waals surface area contributed by atoms with Gasteiger partial charge in [0, 0.05) is 136 Å². The van der Waals surface area contributed by atoms with E-state index in [2.05, 4.69) is 143 Å². The summed E-state index contributed by atoms with van der Waals surface area (Å²) < 4.78 is 117. The zero-order valence-electron chi connectivity index (χ0n) is 57.9. The number of anilines is 3. The second kappa shape index (κ2) is 31.3. The lowest BCUT2D eigenvalue weighted by Gasteiger charge is -2.33. The first-order chi connectivity index (χ1) is 51.4. The number of halogens is 9. The van der Waals surface area contributed by atoms with Crippen molar-refractivity contribution in [2.24, 2.45) is 0 Å². The van der Waals surface area contributed by atoms with Crippen LogP contribution in [0.2, 0.25) is 0 Å². The van der Waals surface area contributed by atoms with Crippen molar-refractivity contribution in [1.29, 1.82) is 15.8 Å². The van der Waals surface area contributed by atoms with Gasteiger partial charge >= 0.3 is 18.5 Å². The Morgan fingerprint density at radius 3 is 1.36 bits per heavy atom. The molecule has 0 amide bonds. The molecule has 3 aliphatic rings. The van der Waals surface area contributed by atoms with E-state index < -0.39 is 37.8 Å². The molecule has 0 bridgehead atoms. The Hall–Kier alpha value is -10.3. The normalized spacial score (nSPS) is 15.6. The molecule has 3 saturated heterocycles. The Labute approximate surface area is 619 Å². The molecule has 3 fully saturated rings. The molecule has 0 saturated carbocycles. The summed E-state index contributed by atoms with van der Waals surface area (Å²) >= 11 is 3.20. The van der Waals surface area contributed by atoms with E-state index in [0.29, 0.717) is 71.7 Å². The summed E-state index contributed by atoms with van der Waals surface area (Å²) in [5, 5.41) is 50.3. The fourth-order valence-corrected chi connectivity index (χ4v) is 17.5. The van der Waals surface area contributed by atoms with Crippen LogP contribution in [0.5, 0.6) is 0 Å². The number of alkyl halides is 9. The second-order valence-electron chi connectivity index (χ2n) is 27.4. The number of rotatable bonds is 17. The van der Waals surface area contributed by atoms with Crippen LogP contribution in [0, 0.1) is 47.8 Å². The van der Waals surface area contributed by atoms with Crippen LogP contribution >= 0.6 is 34.0 Å². The average Bonchev–Trinajstić information content (AvgIpc) is 1.66. The highest BCUT2D eigenvalue weighted by Crippen LogP contribution is 2.38. The number of hydrogen-bond acceptors (Lipinski definition) is 19. The molecule has 13 heterocycles. The molecule has 20 nitrogen and oxygen atoms in total. The van der Waals surface area contributed by atoms with E-state index in [1.807, 2.05) is 41.1 Å². The molecule has 10 aromatic heterocycles. The first-order valence-corrected chi connectivity index (χ1v) is 37.3. The minimum Gasteiger partial charge on any atom is -0.367 e. The minimum atomic E-state index is -4.25. The third-order valence-corrected chi connectivity index (χ3v) is 23.0. The van der Waals surface area contributed by atoms with Gasteiger partial charge in [-0.2, -0.15) is 60.4 Å². The fourth-order valence-electron chi connectivity index (χ4n) is 14.4. The van der Waals surface area contributed by atoms with Gasteiger partial charge in [-0.25, -0.2) is 29.9 Å². The molecule has 6 N–H and O–H groups in total. The van der Waals surface area contributed by atoms with Crippen molar-refractivity contribution in [3.05, 3.63) is 175 Å². The number of hydrogen-bond donors (Lipinski definition) is 6. The molecular formula is C75H71F9N20S3. The fraction of sp³-hybridized carbons (Fsp3) is 0.360. The molecule has 16 rings (SSSR count). The SMILES string of the molecule is Cc1c(CN2CCC(Nc3ncnc4sc(CC(F)(F)F)cc34)CC2)ccc2[nH]c(C#N)cc12.Cc1c(CN2CCC(Nc3ncnc4sc(CC(F)(F)F)cc34)CC2)ccc2c1cc(C#N)n2Cc1cn[nH]c1.N#Cc1cc2cc(CN3CCC(Nc4ncnc5sc(CC(F)(F)F)cc45)CC3)ccc2[nH]1. The third-order valence-electron chi connectivity index (χ3n) is 19.8. The number of thiophene rings is 3. The molecule has 32 heteroatoms. The summed E-state index contributed by atoms with van der Waals surface area (Å²) in [6, 6.07) is 32.2. The highest BCUT2D eigenvalue weighted by Gasteiger charge is 2.33. The Kier molecular flexibility index (Phi) is 21.5. The quantitative estimate of drug-likeness (QED) is 0.0463. The number of aromatic amines is 3. The van der Waals surface area contributed by atoms with Crippen LogP contribution in [0.4, 0.5) is 57.0 Å². The number of H-pyrrole nitrogens is 3. The number of likely N-dealkylation sites (tertiary alicyclic amines) is 3. The molecule has 0 radical (unpaired) electrons. The smallest absolute Gasteiger partial charge is 0.367 e. The molecular weight excluding hydrogens is 1450 g/mol. The summed E-state index contributed by atoms with van der Waals surface area (Å²) in [5.41, 5.74) is 11.8. The van der Waals surface area contributed by atoms with E-state index >= 15 is 0 Å². The van der Waals surface area contributed by atoms with Crippen molar-refractivity contribution in [1.82, 2.24) is 69.3 Å². The second-order valence-corrected chi connectivity index (χ2v) is 30.7. The maximum Gasteiger partial charge on any atom is 0.393 e. The van der Waals surface area contributed by atoms with Gasteiger partial charge in [0.05, 0.1) is 48.2 Å². The van der Waals surface area contributed by atoms with Crippen LogP contribution in [0.1, 0.15) is 104 Å². The maximum absolute atomic E-state index is 12.9. The van der Waals surface area contributed by atoms with E-state index in [1.165, 1.54) is 46.8 Å². The van der Waals surface area contributed by atoms with Crippen LogP contribution < -0.4 is 16.0 Å².